The van der Waals surface area contributed by atoms with Crippen LogP contribution >= 0.6 is 0 Å². The zero-order chi connectivity index (χ0) is 22.9. The Hall–Kier alpha value is -1.65. The van der Waals surface area contributed by atoms with Gasteiger partial charge in [-0.05, 0) is 63.7 Å². The lowest BCUT2D eigenvalue weighted by molar-refractivity contribution is -0.140. The summed E-state index contributed by atoms with van der Waals surface area (Å²) in [6, 6.07) is 4.48. The molecule has 0 aromatic heterocycles. The van der Waals surface area contributed by atoms with Gasteiger partial charge in [0, 0.05) is 38.1 Å². The first-order valence-corrected chi connectivity index (χ1v) is 12.8. The van der Waals surface area contributed by atoms with Crippen LogP contribution in [0.25, 0.3) is 0 Å². The van der Waals surface area contributed by atoms with Gasteiger partial charge < -0.3 is 9.80 Å². The van der Waals surface area contributed by atoms with Gasteiger partial charge in [0.15, 0.2) is 0 Å². The van der Waals surface area contributed by atoms with Crippen molar-refractivity contribution < 1.29 is 26.4 Å². The van der Waals surface area contributed by atoms with Gasteiger partial charge in [-0.1, -0.05) is 12.1 Å². The summed E-state index contributed by atoms with van der Waals surface area (Å²) < 4.78 is 67.0. The van der Waals surface area contributed by atoms with Crippen LogP contribution in [0.15, 0.2) is 29.2 Å². The zero-order valence-corrected chi connectivity index (χ0v) is 18.9. The molecular weight excluding hydrogens is 443 g/mol. The van der Waals surface area contributed by atoms with E-state index in [0.29, 0.717) is 12.8 Å². The number of hydrogen-bond acceptors (Lipinski definition) is 4. The van der Waals surface area contributed by atoms with Crippen molar-refractivity contribution >= 4 is 15.9 Å². The molecule has 178 valence electrons. The molecule has 0 radical (unpaired) electrons. The number of sulfonamides is 1. The quantitative estimate of drug-likeness (QED) is 0.659. The average Bonchev–Trinajstić information content (AvgIpc) is 3.45. The molecule has 3 heterocycles. The molecule has 0 aliphatic carbocycles. The number of hydrogen-bond donors (Lipinski definition) is 0. The second-order valence-corrected chi connectivity index (χ2v) is 10.9. The van der Waals surface area contributed by atoms with Crippen molar-refractivity contribution in [2.75, 3.05) is 39.3 Å². The number of amides is 1. The molecule has 6 nitrogen and oxygen atoms in total. The Balaban J connectivity index is 1.40. The minimum Gasteiger partial charge on any atom is -0.338 e. The first-order chi connectivity index (χ1) is 15.2. The molecule has 1 unspecified atom stereocenters. The molecule has 3 aliphatic rings. The third kappa shape index (κ3) is 4.82. The molecular formula is C22H30F3N3O3S. The third-order valence-corrected chi connectivity index (χ3v) is 8.90. The fraction of sp³-hybridized carbons (Fsp3) is 0.682. The summed E-state index contributed by atoms with van der Waals surface area (Å²) in [4.78, 5) is 16.8. The molecule has 4 rings (SSSR count). The minimum absolute atomic E-state index is 0.0512. The van der Waals surface area contributed by atoms with E-state index in [1.807, 2.05) is 4.90 Å². The number of carbonyl (C=O) groups is 1. The van der Waals surface area contributed by atoms with Gasteiger partial charge in [-0.25, -0.2) is 8.42 Å². The maximum atomic E-state index is 13.3. The normalized spacial score (nSPS) is 24.3. The highest BCUT2D eigenvalue weighted by molar-refractivity contribution is 7.89. The lowest BCUT2D eigenvalue weighted by Gasteiger charge is -2.35. The van der Waals surface area contributed by atoms with Gasteiger partial charge in [0.1, 0.15) is 0 Å². The molecule has 0 N–H and O–H groups in total. The van der Waals surface area contributed by atoms with E-state index in [4.69, 9.17) is 0 Å². The van der Waals surface area contributed by atoms with Crippen molar-refractivity contribution in [2.45, 2.75) is 55.6 Å². The van der Waals surface area contributed by atoms with Gasteiger partial charge in [-0.2, -0.15) is 17.5 Å². The van der Waals surface area contributed by atoms with Crippen LogP contribution in [0.5, 0.6) is 0 Å². The van der Waals surface area contributed by atoms with E-state index < -0.39 is 26.7 Å². The van der Waals surface area contributed by atoms with E-state index in [9.17, 15) is 26.4 Å². The van der Waals surface area contributed by atoms with Gasteiger partial charge >= 0.3 is 6.18 Å². The molecule has 3 aliphatic heterocycles. The lowest BCUT2D eigenvalue weighted by atomic mass is 9.96. The maximum absolute atomic E-state index is 13.3. The van der Waals surface area contributed by atoms with E-state index in [1.165, 1.54) is 25.0 Å². The van der Waals surface area contributed by atoms with Gasteiger partial charge in [0.25, 0.3) is 0 Å². The van der Waals surface area contributed by atoms with E-state index >= 15 is 0 Å². The number of nitrogens with zero attached hydrogens (tertiary/aromatic N) is 3. The topological polar surface area (TPSA) is 60.9 Å². The average molecular weight is 474 g/mol. The van der Waals surface area contributed by atoms with Crippen molar-refractivity contribution in [2.24, 2.45) is 5.92 Å². The van der Waals surface area contributed by atoms with Crippen molar-refractivity contribution in [1.82, 2.24) is 14.1 Å². The van der Waals surface area contributed by atoms with Gasteiger partial charge in [-0.15, -0.1) is 0 Å². The second-order valence-electron chi connectivity index (χ2n) is 9.01. The summed E-state index contributed by atoms with van der Waals surface area (Å²) in [6.45, 7) is 3.88. The minimum atomic E-state index is -4.75. The molecule has 1 aromatic rings. The standard InChI is InChI=1S/C22H30F3N3O3S/c23-22(24,25)19-7-1-2-8-20(19)32(30,31)27-14-9-17(10-15-27)21(29)28-13-5-6-18(28)16-26-11-3-4-12-26/h1-2,7-8,17-18H,3-6,9-16H2. The molecule has 3 fully saturated rings. The Morgan fingerprint density at radius 1 is 0.938 bits per heavy atom. The van der Waals surface area contributed by atoms with Crippen LogP contribution in [-0.4, -0.2) is 73.7 Å². The lowest BCUT2D eigenvalue weighted by Crippen LogP contribution is -2.48. The maximum Gasteiger partial charge on any atom is 0.417 e. The largest absolute Gasteiger partial charge is 0.417 e. The van der Waals surface area contributed by atoms with Gasteiger partial charge in [0.2, 0.25) is 15.9 Å². The highest BCUT2D eigenvalue weighted by Crippen LogP contribution is 2.36. The number of halogens is 3. The number of piperidine rings is 1. The molecule has 0 saturated carbocycles. The SMILES string of the molecule is O=C(C1CCN(S(=O)(=O)c2ccccc2C(F)(F)F)CC1)N1CCCC1CN1CCCC1. The first-order valence-electron chi connectivity index (χ1n) is 11.4. The van der Waals surface area contributed by atoms with E-state index in [0.717, 1.165) is 55.5 Å². The van der Waals surface area contributed by atoms with E-state index in [2.05, 4.69) is 4.90 Å². The second kappa shape index (κ2) is 9.30. The van der Waals surface area contributed by atoms with Gasteiger partial charge in [-0.3, -0.25) is 4.79 Å². The monoisotopic (exact) mass is 473 g/mol. The van der Waals surface area contributed by atoms with Crippen LogP contribution in [0.3, 0.4) is 0 Å². The van der Waals surface area contributed by atoms with Crippen LogP contribution in [-0.2, 0) is 21.0 Å². The number of benzene rings is 1. The Labute approximate surface area is 187 Å². The Morgan fingerprint density at radius 2 is 1.59 bits per heavy atom. The van der Waals surface area contributed by atoms with Crippen LogP contribution in [0, 0.1) is 5.92 Å². The molecule has 10 heteroatoms. The predicted octanol–water partition coefficient (Wildman–Crippen LogP) is 3.19. The zero-order valence-electron chi connectivity index (χ0n) is 18.1. The molecule has 1 amide bonds. The molecule has 1 aromatic carbocycles. The molecule has 3 saturated heterocycles. The van der Waals surface area contributed by atoms with E-state index in [1.54, 1.807) is 0 Å². The summed E-state index contributed by atoms with van der Waals surface area (Å²) in [7, 11) is -4.29. The number of likely N-dealkylation sites (tertiary alicyclic amines) is 2. The Kier molecular flexibility index (Phi) is 6.84. The van der Waals surface area contributed by atoms with Crippen molar-refractivity contribution in [3.63, 3.8) is 0 Å². The summed E-state index contributed by atoms with van der Waals surface area (Å²) in [5.74, 6) is -0.210. The van der Waals surface area contributed by atoms with Crippen LogP contribution in [0.1, 0.15) is 44.1 Å². The van der Waals surface area contributed by atoms with Crippen molar-refractivity contribution in [3.05, 3.63) is 29.8 Å². The molecule has 0 spiro atoms. The van der Waals surface area contributed by atoms with Crippen LogP contribution in [0.2, 0.25) is 0 Å². The van der Waals surface area contributed by atoms with E-state index in [-0.39, 0.29) is 31.0 Å². The number of carbonyl (C=O) groups excluding carboxylic acids is 1. The molecule has 1 atom stereocenters. The fourth-order valence-electron chi connectivity index (χ4n) is 5.22. The predicted molar refractivity (Wildman–Crippen MR) is 113 cm³/mol. The highest BCUT2D eigenvalue weighted by Gasteiger charge is 2.41. The summed E-state index contributed by atoms with van der Waals surface area (Å²) in [5.41, 5.74) is -1.15. The Bertz CT molecular complexity index is 924. The summed E-state index contributed by atoms with van der Waals surface area (Å²) >= 11 is 0. The fourth-order valence-corrected chi connectivity index (χ4v) is 6.90. The smallest absolute Gasteiger partial charge is 0.338 e. The summed E-state index contributed by atoms with van der Waals surface area (Å²) in [5, 5.41) is 0. The number of rotatable bonds is 5. The van der Waals surface area contributed by atoms with Crippen molar-refractivity contribution in [1.29, 1.82) is 0 Å². The van der Waals surface area contributed by atoms with Gasteiger partial charge in [0.05, 0.1) is 10.5 Å². The first kappa shape index (κ1) is 23.5. The van der Waals surface area contributed by atoms with Crippen LogP contribution in [0.4, 0.5) is 13.2 Å². The molecule has 32 heavy (non-hydrogen) atoms. The third-order valence-electron chi connectivity index (χ3n) is 6.94. The summed E-state index contributed by atoms with van der Waals surface area (Å²) in [6.07, 6.45) is 0.280. The van der Waals surface area contributed by atoms with Crippen molar-refractivity contribution in [3.8, 4) is 0 Å². The number of alkyl halides is 3. The van der Waals surface area contributed by atoms with Crippen LogP contribution < -0.4 is 0 Å². The Morgan fingerprint density at radius 3 is 2.25 bits per heavy atom. The molecule has 0 bridgehead atoms. The highest BCUT2D eigenvalue weighted by atomic mass is 32.2.